The molecule has 1 aliphatic heterocycles. The Hall–Kier alpha value is -1.75. The fraction of sp³-hybridized carbons (Fsp3) is 0.667. The highest BCUT2D eigenvalue weighted by atomic mass is 16.5. The van der Waals surface area contributed by atoms with E-state index in [4.69, 9.17) is 4.74 Å². The first kappa shape index (κ1) is 16.4. The molecule has 2 unspecified atom stereocenters. The molecule has 4 aliphatic carbocycles. The molecule has 4 saturated carbocycles. The zero-order chi connectivity index (χ0) is 18.3. The molecule has 1 amide bonds. The summed E-state index contributed by atoms with van der Waals surface area (Å²) in [6.07, 6.45) is 4.94. The summed E-state index contributed by atoms with van der Waals surface area (Å²) in [5, 5.41) is 15.0. The second kappa shape index (κ2) is 5.16. The lowest BCUT2D eigenvalue weighted by atomic mass is 9.52. The summed E-state index contributed by atoms with van der Waals surface area (Å²) in [7, 11) is 1.68. The summed E-state index contributed by atoms with van der Waals surface area (Å²) < 4.78 is 5.58. The number of anilines is 1. The van der Waals surface area contributed by atoms with Crippen molar-refractivity contribution in [2.75, 3.05) is 12.1 Å². The molecule has 1 aromatic carbocycles. The number of nitrogens with zero attached hydrogens (tertiary/aromatic N) is 2. The Bertz CT molecular complexity index is 745. The lowest BCUT2D eigenvalue weighted by Crippen LogP contribution is -2.81. The zero-order valence-corrected chi connectivity index (χ0v) is 15.8. The lowest BCUT2D eigenvalue weighted by molar-refractivity contribution is -0.190. The maximum absolute atomic E-state index is 13.2. The second-order valence-electron chi connectivity index (χ2n) is 9.38. The number of hydrazine groups is 1. The molecule has 0 aromatic heterocycles. The van der Waals surface area contributed by atoms with E-state index < -0.39 is 11.1 Å². The monoisotopic (exact) mass is 356 g/mol. The fourth-order valence-electron chi connectivity index (χ4n) is 6.53. The van der Waals surface area contributed by atoms with Crippen LogP contribution >= 0.6 is 0 Å². The number of aliphatic hydroxyl groups is 1. The van der Waals surface area contributed by atoms with E-state index in [-0.39, 0.29) is 11.9 Å². The van der Waals surface area contributed by atoms with Gasteiger partial charge in [0.05, 0.1) is 18.8 Å². The molecule has 1 heterocycles. The normalized spacial score (nSPS) is 39.9. The van der Waals surface area contributed by atoms with Gasteiger partial charge in [0.25, 0.3) is 5.91 Å². The van der Waals surface area contributed by atoms with E-state index in [2.05, 4.69) is 5.01 Å². The van der Waals surface area contributed by atoms with E-state index in [0.717, 1.165) is 43.5 Å². The average Bonchev–Trinajstić information content (AvgIpc) is 2.58. The number of ether oxygens (including phenoxy) is 1. The average molecular weight is 356 g/mol. The van der Waals surface area contributed by atoms with Gasteiger partial charge in [0, 0.05) is 0 Å². The third-order valence-corrected chi connectivity index (χ3v) is 7.26. The summed E-state index contributed by atoms with van der Waals surface area (Å²) in [6, 6.07) is 8.14. The van der Waals surface area contributed by atoms with Crippen molar-refractivity contribution in [2.24, 2.45) is 17.8 Å². The van der Waals surface area contributed by atoms with Gasteiger partial charge in [-0.15, -0.1) is 0 Å². The highest BCUT2D eigenvalue weighted by molar-refractivity contribution is 5.98. The molecule has 0 spiro atoms. The third-order valence-electron chi connectivity index (χ3n) is 7.26. The minimum absolute atomic E-state index is 0.188. The molecule has 1 N–H and O–H groups in total. The van der Waals surface area contributed by atoms with Crippen LogP contribution in [-0.4, -0.2) is 40.3 Å². The van der Waals surface area contributed by atoms with Gasteiger partial charge in [-0.3, -0.25) is 9.80 Å². The van der Waals surface area contributed by atoms with Gasteiger partial charge in [0.15, 0.2) is 0 Å². The number of hydrogen-bond donors (Lipinski definition) is 1. The van der Waals surface area contributed by atoms with Gasteiger partial charge in [-0.05, 0) is 75.8 Å². The molecule has 5 heteroatoms. The molecule has 0 radical (unpaired) electrons. The standard InChI is InChI=1S/C21H28N2O3/c1-20(2)19(24)22(23(20)16-6-4-5-7-17(16)26-3)18-14-8-13-9-15(18)12-21(25,10-13)11-14/h4-7,13-15,18,25H,8-12H2,1-3H3. The molecule has 140 valence electrons. The quantitative estimate of drug-likeness (QED) is 0.905. The van der Waals surface area contributed by atoms with E-state index in [0.29, 0.717) is 17.8 Å². The molecule has 6 rings (SSSR count). The second-order valence-corrected chi connectivity index (χ2v) is 9.38. The molecular weight excluding hydrogens is 328 g/mol. The Morgan fingerprint density at radius 3 is 2.38 bits per heavy atom. The van der Waals surface area contributed by atoms with Crippen molar-refractivity contribution >= 4 is 11.6 Å². The largest absolute Gasteiger partial charge is 0.495 e. The van der Waals surface area contributed by atoms with Gasteiger partial charge >= 0.3 is 0 Å². The van der Waals surface area contributed by atoms with Crippen LogP contribution < -0.4 is 9.75 Å². The predicted octanol–water partition coefficient (Wildman–Crippen LogP) is 2.98. The lowest BCUT2D eigenvalue weighted by Gasteiger charge is -2.67. The first-order chi connectivity index (χ1) is 12.3. The molecule has 5 aliphatic rings. The molecule has 5 fully saturated rings. The van der Waals surface area contributed by atoms with Crippen LogP contribution in [0.5, 0.6) is 5.75 Å². The Balaban J connectivity index is 1.53. The Kier molecular flexibility index (Phi) is 3.26. The van der Waals surface area contributed by atoms with Gasteiger partial charge in [-0.25, -0.2) is 5.01 Å². The van der Waals surface area contributed by atoms with Crippen LogP contribution in [-0.2, 0) is 4.79 Å². The smallest absolute Gasteiger partial charge is 0.268 e. The van der Waals surface area contributed by atoms with Gasteiger partial charge in [-0.2, -0.15) is 0 Å². The van der Waals surface area contributed by atoms with Gasteiger partial charge < -0.3 is 9.84 Å². The third kappa shape index (κ3) is 2.04. The number of para-hydroxylation sites is 2. The van der Waals surface area contributed by atoms with Gasteiger partial charge in [0.1, 0.15) is 17.0 Å². The Morgan fingerprint density at radius 1 is 1.12 bits per heavy atom. The van der Waals surface area contributed by atoms with Crippen LogP contribution in [0.3, 0.4) is 0 Å². The van der Waals surface area contributed by atoms with E-state index in [9.17, 15) is 9.90 Å². The summed E-state index contributed by atoms with van der Waals surface area (Å²) >= 11 is 0. The van der Waals surface area contributed by atoms with Gasteiger partial charge in [0.2, 0.25) is 0 Å². The van der Waals surface area contributed by atoms with Crippen molar-refractivity contribution in [3.8, 4) is 5.75 Å². The summed E-state index contributed by atoms with van der Waals surface area (Å²) in [5.74, 6) is 2.43. The van der Waals surface area contributed by atoms with Crippen LogP contribution in [0.25, 0.3) is 0 Å². The van der Waals surface area contributed by atoms with E-state index in [1.807, 2.05) is 43.1 Å². The van der Waals surface area contributed by atoms with E-state index in [1.165, 1.54) is 0 Å². The molecule has 26 heavy (non-hydrogen) atoms. The first-order valence-corrected chi connectivity index (χ1v) is 9.83. The number of carbonyl (C=O) groups is 1. The van der Waals surface area contributed by atoms with Gasteiger partial charge in [-0.1, -0.05) is 12.1 Å². The van der Waals surface area contributed by atoms with E-state index >= 15 is 0 Å². The molecule has 1 aromatic rings. The van der Waals surface area contributed by atoms with Crippen LogP contribution in [0.2, 0.25) is 0 Å². The summed E-state index contributed by atoms with van der Waals surface area (Å²) in [5.41, 5.74) is -0.0987. The Labute approximate surface area is 154 Å². The van der Waals surface area contributed by atoms with Crippen molar-refractivity contribution in [3.05, 3.63) is 24.3 Å². The highest BCUT2D eigenvalue weighted by Crippen LogP contribution is 2.59. The number of methoxy groups -OCH3 is 1. The molecule has 1 saturated heterocycles. The summed E-state index contributed by atoms with van der Waals surface area (Å²) in [4.78, 5) is 13.2. The number of amides is 1. The minimum Gasteiger partial charge on any atom is -0.495 e. The topological polar surface area (TPSA) is 53.0 Å². The van der Waals surface area contributed by atoms with Crippen molar-refractivity contribution < 1.29 is 14.6 Å². The number of carbonyl (C=O) groups excluding carboxylic acids is 1. The summed E-state index contributed by atoms with van der Waals surface area (Å²) in [6.45, 7) is 3.98. The fourth-order valence-corrected chi connectivity index (χ4v) is 6.53. The van der Waals surface area contributed by atoms with Crippen LogP contribution in [0.15, 0.2) is 24.3 Å². The van der Waals surface area contributed by atoms with Crippen LogP contribution in [0.1, 0.15) is 46.0 Å². The maximum atomic E-state index is 13.2. The molecule has 2 atom stereocenters. The number of rotatable bonds is 3. The van der Waals surface area contributed by atoms with Crippen molar-refractivity contribution in [2.45, 2.75) is 63.1 Å². The van der Waals surface area contributed by atoms with Crippen molar-refractivity contribution in [1.82, 2.24) is 5.01 Å². The molecular formula is C21H28N2O3. The number of benzene rings is 1. The van der Waals surface area contributed by atoms with Crippen molar-refractivity contribution in [3.63, 3.8) is 0 Å². The maximum Gasteiger partial charge on any atom is 0.268 e. The van der Waals surface area contributed by atoms with Crippen molar-refractivity contribution in [1.29, 1.82) is 0 Å². The van der Waals surface area contributed by atoms with E-state index in [1.54, 1.807) is 7.11 Å². The highest BCUT2D eigenvalue weighted by Gasteiger charge is 2.63. The SMILES string of the molecule is COc1ccccc1N1N(C2C3CC4CC2CC(O)(C4)C3)C(=O)C1(C)C. The Morgan fingerprint density at radius 2 is 1.77 bits per heavy atom. The van der Waals surface area contributed by atoms with Crippen LogP contribution in [0.4, 0.5) is 5.69 Å². The van der Waals surface area contributed by atoms with Crippen LogP contribution in [0, 0.1) is 17.8 Å². The first-order valence-electron chi connectivity index (χ1n) is 9.83. The molecule has 4 bridgehead atoms. The predicted molar refractivity (Wildman–Crippen MR) is 98.7 cm³/mol. The zero-order valence-electron chi connectivity index (χ0n) is 15.8. The minimum atomic E-state index is -0.569. The molecule has 5 nitrogen and oxygen atoms in total. The number of hydrogen-bond acceptors (Lipinski definition) is 4.